The van der Waals surface area contributed by atoms with E-state index in [-0.39, 0.29) is 6.04 Å². The molecule has 0 aliphatic rings. The maximum absolute atomic E-state index is 11.8. The summed E-state index contributed by atoms with van der Waals surface area (Å²) in [6.45, 7) is 8.59. The quantitative estimate of drug-likeness (QED) is 0.739. The van der Waals surface area contributed by atoms with Crippen LogP contribution >= 0.6 is 0 Å². The molecule has 20 heavy (non-hydrogen) atoms. The van der Waals surface area contributed by atoms with E-state index in [1.807, 2.05) is 6.92 Å². The van der Waals surface area contributed by atoms with E-state index in [9.17, 15) is 8.42 Å². The third-order valence-electron chi connectivity index (χ3n) is 3.72. The van der Waals surface area contributed by atoms with Crippen LogP contribution in [0, 0.1) is 5.92 Å². The van der Waals surface area contributed by atoms with Crippen LogP contribution in [-0.4, -0.2) is 36.2 Å². The number of aromatic nitrogens is 3. The van der Waals surface area contributed by atoms with Crippen LogP contribution in [0.15, 0.2) is 6.20 Å². The fourth-order valence-corrected chi connectivity index (χ4v) is 3.22. The molecule has 1 rings (SSSR count). The Hall–Kier alpha value is -1.11. The van der Waals surface area contributed by atoms with Crippen molar-refractivity contribution in [3.05, 3.63) is 6.20 Å². The molecular formula is C13H26N4O2S. The van der Waals surface area contributed by atoms with Crippen molar-refractivity contribution in [1.82, 2.24) is 15.0 Å². The standard InChI is InChI=1S/C13H26N4O2S/c1-6-8-9-11(3)12(4)17-13(10-14-15-17)16(7-2)20(5,18)19/h10-12H,6-9H2,1-5H3. The summed E-state index contributed by atoms with van der Waals surface area (Å²) in [5.41, 5.74) is 0. The first kappa shape index (κ1) is 16.9. The fourth-order valence-electron chi connectivity index (χ4n) is 2.28. The number of sulfonamides is 1. The summed E-state index contributed by atoms with van der Waals surface area (Å²) in [6, 6.07) is 0.120. The molecule has 0 N–H and O–H groups in total. The van der Waals surface area contributed by atoms with E-state index in [1.54, 1.807) is 4.68 Å². The van der Waals surface area contributed by atoms with Crippen LogP contribution in [-0.2, 0) is 10.0 Å². The lowest BCUT2D eigenvalue weighted by Gasteiger charge is -2.26. The van der Waals surface area contributed by atoms with Crippen molar-refractivity contribution < 1.29 is 8.42 Å². The highest BCUT2D eigenvalue weighted by molar-refractivity contribution is 7.92. The van der Waals surface area contributed by atoms with Crippen molar-refractivity contribution >= 4 is 15.8 Å². The first-order valence-corrected chi connectivity index (χ1v) is 9.05. The summed E-state index contributed by atoms with van der Waals surface area (Å²) in [5.74, 6) is 0.972. The zero-order chi connectivity index (χ0) is 15.3. The number of hydrogen-bond acceptors (Lipinski definition) is 4. The van der Waals surface area contributed by atoms with Crippen molar-refractivity contribution in [3.63, 3.8) is 0 Å². The normalized spacial score (nSPS) is 15.1. The van der Waals surface area contributed by atoms with Crippen molar-refractivity contribution in [2.75, 3.05) is 17.1 Å². The summed E-state index contributed by atoms with van der Waals surface area (Å²) < 4.78 is 26.7. The molecule has 2 unspecified atom stereocenters. The lowest BCUT2D eigenvalue weighted by atomic mass is 9.97. The molecule has 116 valence electrons. The van der Waals surface area contributed by atoms with Gasteiger partial charge < -0.3 is 0 Å². The van der Waals surface area contributed by atoms with Crippen molar-refractivity contribution in [2.24, 2.45) is 5.92 Å². The highest BCUT2D eigenvalue weighted by Gasteiger charge is 2.24. The Balaban J connectivity index is 3.01. The monoisotopic (exact) mass is 302 g/mol. The molecular weight excluding hydrogens is 276 g/mol. The lowest BCUT2D eigenvalue weighted by Crippen LogP contribution is -2.32. The fraction of sp³-hybridized carbons (Fsp3) is 0.846. The van der Waals surface area contributed by atoms with Crippen LogP contribution < -0.4 is 4.31 Å². The van der Waals surface area contributed by atoms with E-state index < -0.39 is 10.0 Å². The highest BCUT2D eigenvalue weighted by Crippen LogP contribution is 2.27. The Morgan fingerprint density at radius 1 is 1.35 bits per heavy atom. The van der Waals surface area contributed by atoms with E-state index in [2.05, 4.69) is 31.1 Å². The molecule has 1 aromatic heterocycles. The van der Waals surface area contributed by atoms with Gasteiger partial charge in [0.05, 0.1) is 18.5 Å². The van der Waals surface area contributed by atoms with Crippen LogP contribution in [0.25, 0.3) is 0 Å². The Morgan fingerprint density at radius 3 is 2.50 bits per heavy atom. The number of nitrogens with zero attached hydrogens (tertiary/aromatic N) is 4. The molecule has 0 bridgehead atoms. The van der Waals surface area contributed by atoms with Crippen LogP contribution in [0.2, 0.25) is 0 Å². The summed E-state index contributed by atoms with van der Waals surface area (Å²) in [7, 11) is -3.30. The molecule has 0 fully saturated rings. The average molecular weight is 302 g/mol. The molecule has 0 radical (unpaired) electrons. The van der Waals surface area contributed by atoms with Gasteiger partial charge >= 0.3 is 0 Å². The minimum absolute atomic E-state index is 0.120. The molecule has 0 saturated carbocycles. The van der Waals surface area contributed by atoms with Crippen molar-refractivity contribution in [2.45, 2.75) is 53.0 Å². The van der Waals surface area contributed by atoms with Gasteiger partial charge in [-0.1, -0.05) is 31.9 Å². The third kappa shape index (κ3) is 3.94. The molecule has 0 aliphatic heterocycles. The van der Waals surface area contributed by atoms with E-state index >= 15 is 0 Å². The topological polar surface area (TPSA) is 68.1 Å². The maximum Gasteiger partial charge on any atom is 0.233 e. The summed E-state index contributed by atoms with van der Waals surface area (Å²) in [6.07, 6.45) is 6.15. The highest BCUT2D eigenvalue weighted by atomic mass is 32.2. The smallest absolute Gasteiger partial charge is 0.233 e. The van der Waals surface area contributed by atoms with Gasteiger partial charge in [0.15, 0.2) is 5.82 Å². The van der Waals surface area contributed by atoms with Gasteiger partial charge in [0.2, 0.25) is 10.0 Å². The Labute approximate surface area is 122 Å². The molecule has 0 aromatic carbocycles. The SMILES string of the molecule is CCCCC(C)C(C)n1nncc1N(CC)S(C)(=O)=O. The number of hydrogen-bond donors (Lipinski definition) is 0. The third-order valence-corrected chi connectivity index (χ3v) is 4.97. The zero-order valence-electron chi connectivity index (χ0n) is 13.1. The van der Waals surface area contributed by atoms with Crippen LogP contribution in [0.1, 0.15) is 53.0 Å². The number of rotatable bonds is 8. The Bertz CT molecular complexity index is 512. The van der Waals surface area contributed by atoms with Gasteiger partial charge in [-0.25, -0.2) is 13.1 Å². The van der Waals surface area contributed by atoms with Gasteiger partial charge in [-0.05, 0) is 26.2 Å². The number of anilines is 1. The van der Waals surface area contributed by atoms with Crippen molar-refractivity contribution in [3.8, 4) is 0 Å². The van der Waals surface area contributed by atoms with Crippen LogP contribution in [0.5, 0.6) is 0 Å². The van der Waals surface area contributed by atoms with Gasteiger partial charge in [-0.2, -0.15) is 0 Å². The molecule has 7 heteroatoms. The van der Waals surface area contributed by atoms with Crippen LogP contribution in [0.4, 0.5) is 5.82 Å². The van der Waals surface area contributed by atoms with E-state index in [1.165, 1.54) is 23.2 Å². The Kier molecular flexibility index (Phi) is 5.98. The van der Waals surface area contributed by atoms with Gasteiger partial charge in [0, 0.05) is 6.54 Å². The minimum Gasteiger partial charge on any atom is -0.253 e. The lowest BCUT2D eigenvalue weighted by molar-refractivity contribution is 0.323. The molecule has 2 atom stereocenters. The molecule has 1 heterocycles. The van der Waals surface area contributed by atoms with Gasteiger partial charge in [-0.3, -0.25) is 4.31 Å². The predicted octanol–water partition coefficient (Wildman–Crippen LogP) is 2.45. The van der Waals surface area contributed by atoms with E-state index in [4.69, 9.17) is 0 Å². The Morgan fingerprint density at radius 2 is 2.00 bits per heavy atom. The largest absolute Gasteiger partial charge is 0.253 e. The molecule has 0 spiro atoms. The second-order valence-electron chi connectivity index (χ2n) is 5.32. The van der Waals surface area contributed by atoms with Gasteiger partial charge in [-0.15, -0.1) is 5.10 Å². The maximum atomic E-state index is 11.8. The van der Waals surface area contributed by atoms with Crippen molar-refractivity contribution in [1.29, 1.82) is 0 Å². The van der Waals surface area contributed by atoms with Gasteiger partial charge in [0.25, 0.3) is 0 Å². The second kappa shape index (κ2) is 7.06. The number of unbranched alkanes of at least 4 members (excludes halogenated alkanes) is 1. The van der Waals surface area contributed by atoms with Gasteiger partial charge in [0.1, 0.15) is 0 Å². The minimum atomic E-state index is -3.30. The van der Waals surface area contributed by atoms with E-state index in [0.717, 1.165) is 12.8 Å². The molecule has 6 nitrogen and oxygen atoms in total. The molecule has 0 saturated heterocycles. The summed E-state index contributed by atoms with van der Waals surface area (Å²) in [4.78, 5) is 0. The second-order valence-corrected chi connectivity index (χ2v) is 7.23. The molecule has 0 aliphatic carbocycles. The zero-order valence-corrected chi connectivity index (χ0v) is 13.9. The first-order valence-electron chi connectivity index (χ1n) is 7.20. The average Bonchev–Trinajstić information content (AvgIpc) is 2.83. The van der Waals surface area contributed by atoms with E-state index in [0.29, 0.717) is 18.3 Å². The molecule has 0 amide bonds. The van der Waals surface area contributed by atoms with Crippen LogP contribution in [0.3, 0.4) is 0 Å². The molecule has 1 aromatic rings. The summed E-state index contributed by atoms with van der Waals surface area (Å²) in [5, 5.41) is 7.98. The summed E-state index contributed by atoms with van der Waals surface area (Å²) >= 11 is 0. The first-order chi connectivity index (χ1) is 9.32. The predicted molar refractivity (Wildman–Crippen MR) is 81.3 cm³/mol.